The normalized spacial score (nSPS) is 19.7. The maximum atomic E-state index is 13.2. The fourth-order valence-electron chi connectivity index (χ4n) is 3.38. The van der Waals surface area contributed by atoms with Crippen LogP contribution in [0.5, 0.6) is 0 Å². The fraction of sp³-hybridized carbons (Fsp3) is 0.318. The third-order valence-electron chi connectivity index (χ3n) is 4.78. The highest BCUT2D eigenvalue weighted by Gasteiger charge is 2.34. The number of benzene rings is 2. The van der Waals surface area contributed by atoms with Gasteiger partial charge in [0.05, 0.1) is 12.9 Å². The summed E-state index contributed by atoms with van der Waals surface area (Å²) in [6.07, 6.45) is 0.397. The maximum absolute atomic E-state index is 13.2. The first kappa shape index (κ1) is 14.8. The van der Waals surface area contributed by atoms with Crippen molar-refractivity contribution < 1.29 is 31.5 Å². The predicted octanol–water partition coefficient (Wildman–Crippen LogP) is 2.09. The van der Waals surface area contributed by atoms with Gasteiger partial charge in [-0.25, -0.2) is 0 Å². The molecule has 0 spiro atoms. The molecule has 1 aliphatic heterocycles. The number of rotatable bonds is 8. The molecule has 2 aromatic rings. The molecule has 2 atom stereocenters. The number of aryl methyl sites for hydroxylation is 1. The van der Waals surface area contributed by atoms with Crippen molar-refractivity contribution in [3.05, 3.63) is 65.6 Å². The highest BCUT2D eigenvalue weighted by Crippen LogP contribution is 2.27. The monoisotopic (exact) mass is 401 g/mol. The minimum atomic E-state index is -1.27. The highest BCUT2D eigenvalue weighted by molar-refractivity contribution is 6.02. The van der Waals surface area contributed by atoms with E-state index in [-0.39, 0.29) is 24.8 Å². The predicted molar refractivity (Wildman–Crippen MR) is 108 cm³/mol. The number of aliphatic carboxylic acids is 2. The van der Waals surface area contributed by atoms with Crippen molar-refractivity contribution in [2.75, 3.05) is 11.4 Å². The molecule has 0 saturated carbocycles. The standard InChI is InChI=1S/C22H24N2O5/c25-20(26)14-24-19-9-5-4-8-16(19)11-13-17(21(24)27)23-18(22(28)29)12-10-15-6-2-1-3-7-15/h1-9,17-18,23H,10-14H2,(H,25,26)(H,28,29)/t17-,18+/m0/s1/i1D,2D,3D,6D,7D. The van der Waals surface area contributed by atoms with Gasteiger partial charge in [0.15, 0.2) is 0 Å². The Bertz CT molecular complexity index is 1110. The molecule has 7 nitrogen and oxygen atoms in total. The molecule has 29 heavy (non-hydrogen) atoms. The summed E-state index contributed by atoms with van der Waals surface area (Å²) in [5.41, 5.74) is 1.23. The van der Waals surface area contributed by atoms with Crippen LogP contribution in [0, 0.1) is 0 Å². The smallest absolute Gasteiger partial charge is 0.323 e. The van der Waals surface area contributed by atoms with Crippen molar-refractivity contribution in [3.63, 3.8) is 0 Å². The molecule has 0 aliphatic carbocycles. The average Bonchev–Trinajstić information content (AvgIpc) is 2.92. The third-order valence-corrected chi connectivity index (χ3v) is 4.78. The van der Waals surface area contributed by atoms with Gasteiger partial charge in [0.2, 0.25) is 5.91 Å². The SMILES string of the molecule is [2H]c1c([2H])c([2H])c(CC[C@@H](N[C@H]2CCc3ccccc3N(CC(=O)O)C2=O)C(=O)O)c([2H])c1[2H]. The zero-order chi connectivity index (χ0) is 25.2. The highest BCUT2D eigenvalue weighted by atomic mass is 16.4. The van der Waals surface area contributed by atoms with E-state index in [9.17, 15) is 24.6 Å². The Hall–Kier alpha value is -3.19. The van der Waals surface area contributed by atoms with Crippen molar-refractivity contribution >= 4 is 23.5 Å². The second-order valence-electron chi connectivity index (χ2n) is 6.74. The van der Waals surface area contributed by atoms with Crippen molar-refractivity contribution in [3.8, 4) is 0 Å². The van der Waals surface area contributed by atoms with Crippen LogP contribution in [0.4, 0.5) is 5.69 Å². The molecular formula is C22H24N2O5. The molecule has 0 bridgehead atoms. The molecule has 0 fully saturated rings. The quantitative estimate of drug-likeness (QED) is 0.625. The number of carboxylic acid groups (broad SMARTS) is 2. The van der Waals surface area contributed by atoms with E-state index in [0.29, 0.717) is 12.1 Å². The Balaban J connectivity index is 1.83. The summed E-state index contributed by atoms with van der Waals surface area (Å²) in [7, 11) is 0. The second kappa shape index (κ2) is 9.34. The Morgan fingerprint density at radius 3 is 2.62 bits per heavy atom. The van der Waals surface area contributed by atoms with Gasteiger partial charge in [-0.2, -0.15) is 0 Å². The van der Waals surface area contributed by atoms with Crippen molar-refractivity contribution in [1.29, 1.82) is 0 Å². The van der Waals surface area contributed by atoms with Crippen molar-refractivity contribution in [1.82, 2.24) is 5.32 Å². The topological polar surface area (TPSA) is 107 Å². The van der Waals surface area contributed by atoms with Gasteiger partial charge in [-0.05, 0) is 42.9 Å². The number of nitrogens with one attached hydrogen (secondary N) is 1. The maximum Gasteiger partial charge on any atom is 0.323 e. The molecule has 1 amide bonds. The van der Waals surface area contributed by atoms with Crippen LogP contribution in [0.1, 0.15) is 30.8 Å². The molecule has 0 radical (unpaired) electrons. The van der Waals surface area contributed by atoms with Gasteiger partial charge in [-0.15, -0.1) is 0 Å². The molecule has 1 heterocycles. The molecule has 2 aromatic carbocycles. The van der Waals surface area contributed by atoms with E-state index >= 15 is 0 Å². The molecule has 0 saturated heterocycles. The van der Waals surface area contributed by atoms with Crippen LogP contribution < -0.4 is 10.2 Å². The molecular weight excluding hydrogens is 372 g/mol. The first-order chi connectivity index (χ1) is 16.0. The summed E-state index contributed by atoms with van der Waals surface area (Å²) in [6.45, 7) is -0.575. The summed E-state index contributed by atoms with van der Waals surface area (Å²) in [5, 5.41) is 21.8. The van der Waals surface area contributed by atoms with Gasteiger partial charge in [0, 0.05) is 5.69 Å². The number of nitrogens with zero attached hydrogens (tertiary/aromatic N) is 1. The number of hydrogen-bond acceptors (Lipinski definition) is 4. The number of fused-ring (bicyclic) bond motifs is 1. The van der Waals surface area contributed by atoms with Crippen LogP contribution in [-0.4, -0.2) is 46.7 Å². The number of carboxylic acids is 2. The van der Waals surface area contributed by atoms with E-state index in [0.717, 1.165) is 10.5 Å². The van der Waals surface area contributed by atoms with Crippen LogP contribution >= 0.6 is 0 Å². The van der Waals surface area contributed by atoms with E-state index in [1.54, 1.807) is 24.3 Å². The van der Waals surface area contributed by atoms with Crippen LogP contribution in [0.15, 0.2) is 54.5 Å². The van der Waals surface area contributed by atoms with Gasteiger partial charge < -0.3 is 10.2 Å². The molecule has 0 aromatic heterocycles. The lowest BCUT2D eigenvalue weighted by atomic mass is 10.0. The van der Waals surface area contributed by atoms with E-state index in [4.69, 9.17) is 6.85 Å². The average molecular weight is 401 g/mol. The molecule has 3 N–H and O–H groups in total. The molecule has 152 valence electrons. The minimum Gasteiger partial charge on any atom is -0.480 e. The fourth-order valence-corrected chi connectivity index (χ4v) is 3.38. The van der Waals surface area contributed by atoms with E-state index < -0.39 is 66.7 Å². The van der Waals surface area contributed by atoms with Gasteiger partial charge >= 0.3 is 11.9 Å². The largest absolute Gasteiger partial charge is 0.480 e. The van der Waals surface area contributed by atoms with Gasteiger partial charge in [0.25, 0.3) is 0 Å². The van der Waals surface area contributed by atoms with Crippen LogP contribution in [0.3, 0.4) is 0 Å². The molecule has 3 rings (SSSR count). The Kier molecular flexibility index (Phi) is 4.75. The molecule has 1 aliphatic rings. The Labute approximate surface area is 176 Å². The van der Waals surface area contributed by atoms with E-state index in [1.807, 2.05) is 0 Å². The van der Waals surface area contributed by atoms with Crippen LogP contribution in [-0.2, 0) is 27.2 Å². The van der Waals surface area contributed by atoms with Gasteiger partial charge in [-0.1, -0.05) is 48.4 Å². The summed E-state index contributed by atoms with van der Waals surface area (Å²) in [4.78, 5) is 37.6. The lowest BCUT2D eigenvalue weighted by Crippen LogP contribution is -2.52. The van der Waals surface area contributed by atoms with E-state index in [1.165, 1.54) is 0 Å². The summed E-state index contributed by atoms with van der Waals surface area (Å²) in [5.74, 6) is -3.05. The second-order valence-corrected chi connectivity index (χ2v) is 6.74. The number of hydrogen-bond donors (Lipinski definition) is 3. The van der Waals surface area contributed by atoms with Crippen LogP contribution in [0.25, 0.3) is 0 Å². The zero-order valence-corrected chi connectivity index (χ0v) is 15.6. The van der Waals surface area contributed by atoms with Crippen molar-refractivity contribution in [2.24, 2.45) is 0 Å². The first-order valence-corrected chi connectivity index (χ1v) is 9.18. The summed E-state index contributed by atoms with van der Waals surface area (Å²) >= 11 is 0. The number of anilines is 1. The van der Waals surface area contributed by atoms with E-state index in [2.05, 4.69) is 5.32 Å². The molecule has 7 heteroatoms. The zero-order valence-electron chi connectivity index (χ0n) is 20.6. The Morgan fingerprint density at radius 2 is 1.93 bits per heavy atom. The number of carbonyl (C=O) groups excluding carboxylic acids is 1. The number of para-hydroxylation sites is 1. The molecule has 0 unspecified atom stereocenters. The Morgan fingerprint density at radius 1 is 1.21 bits per heavy atom. The van der Waals surface area contributed by atoms with Crippen LogP contribution in [0.2, 0.25) is 0 Å². The third kappa shape index (κ3) is 5.20. The summed E-state index contributed by atoms with van der Waals surface area (Å²) < 4.78 is 39.2. The lowest BCUT2D eigenvalue weighted by Gasteiger charge is -2.26. The lowest BCUT2D eigenvalue weighted by molar-refractivity contribution is -0.140. The first-order valence-electron chi connectivity index (χ1n) is 11.7. The minimum absolute atomic E-state index is 0.00819. The summed E-state index contributed by atoms with van der Waals surface area (Å²) in [6, 6.07) is 2.31. The van der Waals surface area contributed by atoms with Gasteiger partial charge in [-0.3, -0.25) is 24.6 Å². The van der Waals surface area contributed by atoms with Gasteiger partial charge in [0.1, 0.15) is 12.6 Å². The number of amides is 1. The van der Waals surface area contributed by atoms with Crippen molar-refractivity contribution in [2.45, 2.75) is 37.8 Å². The number of carbonyl (C=O) groups is 3.